The van der Waals surface area contributed by atoms with Gasteiger partial charge in [0.2, 0.25) is 5.95 Å². The van der Waals surface area contributed by atoms with Crippen LogP contribution in [0.3, 0.4) is 0 Å². The van der Waals surface area contributed by atoms with E-state index in [0.717, 1.165) is 70.1 Å². The monoisotopic (exact) mass is 331 g/mol. The lowest BCUT2D eigenvalue weighted by molar-refractivity contribution is 0.254. The molecule has 1 saturated heterocycles. The van der Waals surface area contributed by atoms with Crippen molar-refractivity contribution in [3.8, 4) is 0 Å². The van der Waals surface area contributed by atoms with Crippen molar-refractivity contribution in [3.63, 3.8) is 0 Å². The van der Waals surface area contributed by atoms with Crippen molar-refractivity contribution in [2.24, 2.45) is 10.9 Å². The van der Waals surface area contributed by atoms with Crippen molar-refractivity contribution in [1.82, 2.24) is 25.5 Å². The van der Waals surface area contributed by atoms with Crippen molar-refractivity contribution in [1.29, 1.82) is 0 Å². The van der Waals surface area contributed by atoms with Crippen LogP contribution in [0.1, 0.15) is 19.3 Å². The molecule has 132 valence electrons. The standard InChI is InChI=1S/C17H29N7/c1-18-16(22-14-15-4-5-15)19-8-3-9-23-10-12-24(13-11-23)17-20-6-2-7-21-17/h2,6-7,15H,3-5,8-14H2,1H3,(H2,18,19,22). The van der Waals surface area contributed by atoms with Crippen LogP contribution in [0.5, 0.6) is 0 Å². The lowest BCUT2D eigenvalue weighted by atomic mass is 10.3. The van der Waals surface area contributed by atoms with E-state index in [1.54, 1.807) is 0 Å². The molecular formula is C17H29N7. The molecule has 1 aromatic rings. The molecule has 0 radical (unpaired) electrons. The lowest BCUT2D eigenvalue weighted by Gasteiger charge is -2.34. The average Bonchev–Trinajstić information content (AvgIpc) is 3.47. The maximum absolute atomic E-state index is 4.33. The fourth-order valence-electron chi connectivity index (χ4n) is 2.92. The molecule has 0 bridgehead atoms. The van der Waals surface area contributed by atoms with E-state index < -0.39 is 0 Å². The van der Waals surface area contributed by atoms with Crippen LogP contribution < -0.4 is 15.5 Å². The summed E-state index contributed by atoms with van der Waals surface area (Å²) in [4.78, 5) is 17.7. The molecule has 0 unspecified atom stereocenters. The van der Waals surface area contributed by atoms with E-state index in [0.29, 0.717) is 0 Å². The predicted octanol–water partition coefficient (Wildman–Crippen LogP) is 0.564. The number of aliphatic imine (C=N–C) groups is 1. The van der Waals surface area contributed by atoms with Crippen molar-refractivity contribution < 1.29 is 0 Å². The Labute approximate surface area is 144 Å². The van der Waals surface area contributed by atoms with Gasteiger partial charge in [0, 0.05) is 58.7 Å². The van der Waals surface area contributed by atoms with Gasteiger partial charge in [0.05, 0.1) is 0 Å². The van der Waals surface area contributed by atoms with Crippen LogP contribution in [0.4, 0.5) is 5.95 Å². The second-order valence-electron chi connectivity index (χ2n) is 6.55. The van der Waals surface area contributed by atoms with Gasteiger partial charge < -0.3 is 15.5 Å². The Morgan fingerprint density at radius 3 is 2.58 bits per heavy atom. The Morgan fingerprint density at radius 2 is 1.92 bits per heavy atom. The molecule has 7 heteroatoms. The van der Waals surface area contributed by atoms with Crippen molar-refractivity contribution in [3.05, 3.63) is 18.5 Å². The Kier molecular flexibility index (Phi) is 6.23. The van der Waals surface area contributed by atoms with Crippen LogP contribution in [0.25, 0.3) is 0 Å². The van der Waals surface area contributed by atoms with Gasteiger partial charge in [-0.3, -0.25) is 9.89 Å². The van der Waals surface area contributed by atoms with E-state index in [2.05, 4.69) is 35.4 Å². The first-order chi connectivity index (χ1) is 11.8. The number of guanidine groups is 1. The SMILES string of the molecule is CN=C(NCCCN1CCN(c2ncccn2)CC1)NCC1CC1. The maximum atomic E-state index is 4.33. The fourth-order valence-corrected chi connectivity index (χ4v) is 2.92. The van der Waals surface area contributed by atoms with Crippen LogP contribution in [-0.2, 0) is 0 Å². The summed E-state index contributed by atoms with van der Waals surface area (Å²) in [6.45, 7) is 7.30. The molecule has 7 nitrogen and oxygen atoms in total. The molecule has 2 heterocycles. The summed E-state index contributed by atoms with van der Waals surface area (Å²) in [7, 11) is 1.84. The number of rotatable bonds is 7. The van der Waals surface area contributed by atoms with Gasteiger partial charge in [0.25, 0.3) is 0 Å². The summed E-state index contributed by atoms with van der Waals surface area (Å²) in [5.74, 6) is 2.66. The first kappa shape index (κ1) is 17.0. The molecular weight excluding hydrogens is 302 g/mol. The molecule has 0 aromatic carbocycles. The Balaban J connectivity index is 1.28. The van der Waals surface area contributed by atoms with Crippen molar-refractivity contribution in [2.45, 2.75) is 19.3 Å². The molecule has 1 aromatic heterocycles. The summed E-state index contributed by atoms with van der Waals surface area (Å²) in [6, 6.07) is 1.86. The molecule has 3 rings (SSSR count). The topological polar surface area (TPSA) is 68.7 Å². The quantitative estimate of drug-likeness (QED) is 0.432. The number of aromatic nitrogens is 2. The molecule has 2 aliphatic rings. The molecule has 2 fully saturated rings. The number of anilines is 1. The summed E-state index contributed by atoms with van der Waals surface area (Å²) < 4.78 is 0. The first-order valence-corrected chi connectivity index (χ1v) is 9.04. The number of hydrogen-bond donors (Lipinski definition) is 2. The van der Waals surface area contributed by atoms with Gasteiger partial charge in [-0.05, 0) is 37.8 Å². The molecule has 1 aliphatic carbocycles. The average molecular weight is 331 g/mol. The minimum absolute atomic E-state index is 0.851. The van der Waals surface area contributed by atoms with Gasteiger partial charge in [0.15, 0.2) is 5.96 Å². The number of piperazine rings is 1. The lowest BCUT2D eigenvalue weighted by Crippen LogP contribution is -2.47. The number of nitrogens with one attached hydrogen (secondary N) is 2. The van der Waals surface area contributed by atoms with E-state index >= 15 is 0 Å². The highest BCUT2D eigenvalue weighted by Crippen LogP contribution is 2.27. The van der Waals surface area contributed by atoms with Crippen molar-refractivity contribution in [2.75, 3.05) is 57.8 Å². The minimum Gasteiger partial charge on any atom is -0.356 e. The zero-order chi connectivity index (χ0) is 16.6. The molecule has 1 aliphatic heterocycles. The Hall–Kier alpha value is -1.89. The third kappa shape index (κ3) is 5.33. The van der Waals surface area contributed by atoms with Crippen LogP contribution in [0, 0.1) is 5.92 Å². The summed E-state index contributed by atoms with van der Waals surface area (Å²) >= 11 is 0. The zero-order valence-corrected chi connectivity index (χ0v) is 14.6. The van der Waals surface area contributed by atoms with Gasteiger partial charge in [0.1, 0.15) is 0 Å². The van der Waals surface area contributed by atoms with Crippen LogP contribution >= 0.6 is 0 Å². The summed E-state index contributed by atoms with van der Waals surface area (Å²) in [6.07, 6.45) is 7.48. The summed E-state index contributed by atoms with van der Waals surface area (Å²) in [5.41, 5.74) is 0. The highest BCUT2D eigenvalue weighted by atomic mass is 15.3. The Bertz CT molecular complexity index is 507. The summed E-state index contributed by atoms with van der Waals surface area (Å²) in [5, 5.41) is 6.81. The van der Waals surface area contributed by atoms with Crippen LogP contribution in [0.15, 0.2) is 23.5 Å². The molecule has 2 N–H and O–H groups in total. The largest absolute Gasteiger partial charge is 0.356 e. The van der Waals surface area contributed by atoms with E-state index in [9.17, 15) is 0 Å². The third-order valence-electron chi connectivity index (χ3n) is 4.63. The van der Waals surface area contributed by atoms with E-state index in [-0.39, 0.29) is 0 Å². The minimum atomic E-state index is 0.851. The number of hydrogen-bond acceptors (Lipinski definition) is 5. The molecule has 1 saturated carbocycles. The van der Waals surface area contributed by atoms with Gasteiger partial charge in [-0.15, -0.1) is 0 Å². The van der Waals surface area contributed by atoms with Crippen LogP contribution in [-0.4, -0.2) is 73.7 Å². The van der Waals surface area contributed by atoms with Gasteiger partial charge in [-0.25, -0.2) is 9.97 Å². The predicted molar refractivity (Wildman–Crippen MR) is 97.4 cm³/mol. The van der Waals surface area contributed by atoms with E-state index in [1.165, 1.54) is 12.8 Å². The second-order valence-corrected chi connectivity index (χ2v) is 6.55. The second kappa shape index (κ2) is 8.82. The molecule has 0 amide bonds. The fraction of sp³-hybridized carbons (Fsp3) is 0.706. The first-order valence-electron chi connectivity index (χ1n) is 9.04. The molecule has 24 heavy (non-hydrogen) atoms. The van der Waals surface area contributed by atoms with E-state index in [1.807, 2.05) is 25.5 Å². The van der Waals surface area contributed by atoms with Crippen LogP contribution in [0.2, 0.25) is 0 Å². The Morgan fingerprint density at radius 1 is 1.17 bits per heavy atom. The van der Waals surface area contributed by atoms with Gasteiger partial charge in [-0.1, -0.05) is 0 Å². The highest BCUT2D eigenvalue weighted by molar-refractivity contribution is 5.79. The highest BCUT2D eigenvalue weighted by Gasteiger charge is 2.21. The molecule has 0 atom stereocenters. The van der Waals surface area contributed by atoms with Crippen molar-refractivity contribution >= 4 is 11.9 Å². The van der Waals surface area contributed by atoms with Gasteiger partial charge in [-0.2, -0.15) is 0 Å². The zero-order valence-electron chi connectivity index (χ0n) is 14.6. The maximum Gasteiger partial charge on any atom is 0.225 e. The third-order valence-corrected chi connectivity index (χ3v) is 4.63. The number of nitrogens with zero attached hydrogens (tertiary/aromatic N) is 5. The molecule has 0 spiro atoms. The normalized spacial score (nSPS) is 19.4. The smallest absolute Gasteiger partial charge is 0.225 e. The van der Waals surface area contributed by atoms with Gasteiger partial charge >= 0.3 is 0 Å². The van der Waals surface area contributed by atoms with E-state index in [4.69, 9.17) is 0 Å².